The highest BCUT2D eigenvalue weighted by Gasteiger charge is 2.08. The van der Waals surface area contributed by atoms with Crippen LogP contribution in [0.2, 0.25) is 0 Å². The van der Waals surface area contributed by atoms with Gasteiger partial charge in [-0.2, -0.15) is 0 Å². The van der Waals surface area contributed by atoms with Gasteiger partial charge >= 0.3 is 0 Å². The highest BCUT2D eigenvalue weighted by atomic mass is 127. The van der Waals surface area contributed by atoms with E-state index in [-0.39, 0.29) is 30.1 Å². The quantitative estimate of drug-likeness (QED) is 0.305. The van der Waals surface area contributed by atoms with Gasteiger partial charge in [0.2, 0.25) is 0 Å². The average Bonchev–Trinajstić information content (AvgIpc) is 2.67. The molecular formula is C21H30IN3O2S. The molecule has 0 heterocycles. The third-order valence-electron chi connectivity index (χ3n) is 3.99. The highest BCUT2D eigenvalue weighted by Crippen LogP contribution is 2.17. The number of aryl methyl sites for hydroxylation is 1. The van der Waals surface area contributed by atoms with E-state index in [0.717, 1.165) is 16.9 Å². The Hall–Kier alpha value is -1.61. The molecule has 2 rings (SSSR count). The number of guanidine groups is 1. The number of hydrogen-bond acceptors (Lipinski definition) is 3. The summed E-state index contributed by atoms with van der Waals surface area (Å²) in [5.41, 5.74) is 2.22. The summed E-state index contributed by atoms with van der Waals surface area (Å²) in [6, 6.07) is 17.9. The van der Waals surface area contributed by atoms with Gasteiger partial charge in [-0.05, 0) is 31.0 Å². The third-order valence-corrected chi connectivity index (χ3v) is 5.31. The molecule has 0 aromatic heterocycles. The lowest BCUT2D eigenvalue weighted by Crippen LogP contribution is -2.43. The van der Waals surface area contributed by atoms with Gasteiger partial charge in [0.1, 0.15) is 11.9 Å². The van der Waals surface area contributed by atoms with Gasteiger partial charge in [0.25, 0.3) is 0 Å². The van der Waals surface area contributed by atoms with Crippen molar-refractivity contribution in [3.05, 3.63) is 65.7 Å². The Morgan fingerprint density at radius 3 is 2.46 bits per heavy atom. The molecule has 0 radical (unpaired) electrons. The number of para-hydroxylation sites is 1. The minimum absolute atomic E-state index is 0. The second-order valence-electron chi connectivity index (χ2n) is 6.35. The minimum Gasteiger partial charge on any atom is -0.489 e. The Kier molecular flexibility index (Phi) is 11.8. The molecular weight excluding hydrogens is 485 g/mol. The van der Waals surface area contributed by atoms with Crippen molar-refractivity contribution in [3.8, 4) is 5.75 Å². The van der Waals surface area contributed by atoms with Crippen molar-refractivity contribution in [2.75, 3.05) is 25.9 Å². The summed E-state index contributed by atoms with van der Waals surface area (Å²) < 4.78 is 18.1. The van der Waals surface area contributed by atoms with Crippen LogP contribution in [-0.2, 0) is 16.6 Å². The molecule has 2 unspecified atom stereocenters. The predicted molar refractivity (Wildman–Crippen MR) is 129 cm³/mol. The van der Waals surface area contributed by atoms with Crippen molar-refractivity contribution in [3.63, 3.8) is 0 Å². The largest absolute Gasteiger partial charge is 0.489 e. The summed E-state index contributed by atoms with van der Waals surface area (Å²) in [7, 11) is 0.824. The molecule has 0 amide bonds. The van der Waals surface area contributed by atoms with E-state index in [0.29, 0.717) is 30.6 Å². The van der Waals surface area contributed by atoms with Crippen LogP contribution in [0.15, 0.2) is 59.6 Å². The zero-order valence-corrected chi connectivity index (χ0v) is 19.8. The van der Waals surface area contributed by atoms with Gasteiger partial charge < -0.3 is 15.4 Å². The van der Waals surface area contributed by atoms with Crippen LogP contribution < -0.4 is 15.4 Å². The molecule has 0 saturated heterocycles. The normalized spacial score (nSPS) is 13.2. The highest BCUT2D eigenvalue weighted by molar-refractivity contribution is 14.0. The number of hydrogen-bond donors (Lipinski definition) is 2. The van der Waals surface area contributed by atoms with Crippen molar-refractivity contribution in [1.82, 2.24) is 10.6 Å². The molecule has 2 atom stereocenters. The van der Waals surface area contributed by atoms with E-state index < -0.39 is 10.8 Å². The van der Waals surface area contributed by atoms with Crippen LogP contribution in [0.4, 0.5) is 0 Å². The first kappa shape index (κ1) is 24.4. The second kappa shape index (κ2) is 13.5. The van der Waals surface area contributed by atoms with Crippen LogP contribution >= 0.6 is 24.0 Å². The Morgan fingerprint density at radius 1 is 1.11 bits per heavy atom. The Labute approximate surface area is 187 Å². The molecule has 154 valence electrons. The van der Waals surface area contributed by atoms with Crippen LogP contribution in [-0.4, -0.2) is 42.2 Å². The van der Waals surface area contributed by atoms with Gasteiger partial charge in [0, 0.05) is 35.9 Å². The molecule has 0 aliphatic rings. The minimum atomic E-state index is -0.901. The number of ether oxygens (including phenoxy) is 1. The molecule has 0 bridgehead atoms. The van der Waals surface area contributed by atoms with E-state index in [1.54, 1.807) is 7.05 Å². The molecule has 2 aromatic rings. The van der Waals surface area contributed by atoms with E-state index in [4.69, 9.17) is 4.74 Å². The Bertz CT molecular complexity index is 756. The maximum atomic E-state index is 12.2. The van der Waals surface area contributed by atoms with E-state index >= 15 is 0 Å². The van der Waals surface area contributed by atoms with Crippen molar-refractivity contribution < 1.29 is 8.95 Å². The van der Waals surface area contributed by atoms with Crippen LogP contribution in [0.3, 0.4) is 0 Å². The fourth-order valence-corrected chi connectivity index (χ4v) is 3.56. The zero-order chi connectivity index (χ0) is 19.5. The first-order valence-electron chi connectivity index (χ1n) is 9.14. The Balaban J connectivity index is 0.00000392. The lowest BCUT2D eigenvalue weighted by molar-refractivity contribution is 0.222. The van der Waals surface area contributed by atoms with Gasteiger partial charge in [-0.1, -0.05) is 48.5 Å². The number of nitrogens with one attached hydrogen (secondary N) is 2. The van der Waals surface area contributed by atoms with Gasteiger partial charge in [0.15, 0.2) is 5.96 Å². The van der Waals surface area contributed by atoms with Crippen molar-refractivity contribution in [2.24, 2.45) is 4.99 Å². The van der Waals surface area contributed by atoms with E-state index in [9.17, 15) is 4.21 Å². The standard InChI is InChI=1S/C21H29N3O2S.HI/c1-17-9-7-8-12-20(17)26-18(2)15-24-21(22-3)23-13-14-27(25)16-19-10-5-4-6-11-19;/h4-12,18H,13-16H2,1-3H3,(H2,22,23,24);1H. The molecule has 5 nitrogen and oxygen atoms in total. The molecule has 0 saturated carbocycles. The van der Waals surface area contributed by atoms with Gasteiger partial charge in [-0.3, -0.25) is 9.20 Å². The van der Waals surface area contributed by atoms with E-state index in [2.05, 4.69) is 15.6 Å². The molecule has 0 aliphatic carbocycles. The SMILES string of the molecule is CN=C(NCCS(=O)Cc1ccccc1)NCC(C)Oc1ccccc1C.I. The summed E-state index contributed by atoms with van der Waals surface area (Å²) in [5.74, 6) is 2.73. The molecule has 0 aliphatic heterocycles. The lowest BCUT2D eigenvalue weighted by Gasteiger charge is -2.18. The van der Waals surface area contributed by atoms with Gasteiger partial charge in [-0.15, -0.1) is 24.0 Å². The third kappa shape index (κ3) is 9.05. The first-order chi connectivity index (χ1) is 13.1. The topological polar surface area (TPSA) is 62.7 Å². The van der Waals surface area contributed by atoms with Crippen LogP contribution in [0.1, 0.15) is 18.1 Å². The summed E-state index contributed by atoms with van der Waals surface area (Å²) in [4.78, 5) is 4.21. The number of halogens is 1. The molecule has 0 fully saturated rings. The smallest absolute Gasteiger partial charge is 0.191 e. The Morgan fingerprint density at radius 2 is 1.79 bits per heavy atom. The fraction of sp³-hybridized carbons (Fsp3) is 0.381. The fourth-order valence-electron chi connectivity index (χ4n) is 2.52. The summed E-state index contributed by atoms with van der Waals surface area (Å²) in [6.45, 7) is 5.28. The van der Waals surface area contributed by atoms with Gasteiger partial charge in [-0.25, -0.2) is 0 Å². The van der Waals surface area contributed by atoms with Crippen LogP contribution in [0.5, 0.6) is 5.75 Å². The molecule has 2 N–H and O–H groups in total. The van der Waals surface area contributed by atoms with Crippen LogP contribution in [0.25, 0.3) is 0 Å². The summed E-state index contributed by atoms with van der Waals surface area (Å²) in [5, 5.41) is 6.45. The maximum absolute atomic E-state index is 12.2. The zero-order valence-electron chi connectivity index (χ0n) is 16.7. The van der Waals surface area contributed by atoms with Crippen molar-refractivity contribution >= 4 is 40.7 Å². The van der Waals surface area contributed by atoms with Crippen LogP contribution in [0, 0.1) is 6.92 Å². The lowest BCUT2D eigenvalue weighted by atomic mass is 10.2. The predicted octanol–water partition coefficient (Wildman–Crippen LogP) is 3.49. The second-order valence-corrected chi connectivity index (χ2v) is 7.92. The molecule has 7 heteroatoms. The number of nitrogens with zero attached hydrogens (tertiary/aromatic N) is 1. The molecule has 28 heavy (non-hydrogen) atoms. The summed E-state index contributed by atoms with van der Waals surface area (Å²) >= 11 is 0. The van der Waals surface area contributed by atoms with Crippen molar-refractivity contribution in [2.45, 2.75) is 25.7 Å². The van der Waals surface area contributed by atoms with E-state index in [1.807, 2.05) is 68.4 Å². The number of rotatable bonds is 9. The monoisotopic (exact) mass is 515 g/mol. The van der Waals surface area contributed by atoms with E-state index in [1.165, 1.54) is 0 Å². The van der Waals surface area contributed by atoms with Gasteiger partial charge in [0.05, 0.1) is 6.54 Å². The maximum Gasteiger partial charge on any atom is 0.191 e. The number of benzene rings is 2. The average molecular weight is 515 g/mol. The molecule has 2 aromatic carbocycles. The first-order valence-corrected chi connectivity index (χ1v) is 10.6. The van der Waals surface area contributed by atoms with Crippen molar-refractivity contribution in [1.29, 1.82) is 0 Å². The number of aliphatic imine (C=N–C) groups is 1. The summed E-state index contributed by atoms with van der Waals surface area (Å²) in [6.07, 6.45) is -0.00291. The molecule has 0 spiro atoms.